The lowest BCUT2D eigenvalue weighted by Crippen LogP contribution is -2.62. The van der Waals surface area contributed by atoms with E-state index in [0.29, 0.717) is 42.1 Å². The summed E-state index contributed by atoms with van der Waals surface area (Å²) in [4.78, 5) is 39.1. The summed E-state index contributed by atoms with van der Waals surface area (Å²) in [5.74, 6) is -0.513. The molecule has 1 aliphatic heterocycles. The Labute approximate surface area is 221 Å². The number of piperazine rings is 1. The van der Waals surface area contributed by atoms with E-state index in [4.69, 9.17) is 9.40 Å². The van der Waals surface area contributed by atoms with Gasteiger partial charge in [0.1, 0.15) is 17.0 Å². The number of benzene rings is 1. The van der Waals surface area contributed by atoms with Crippen LogP contribution in [0.4, 0.5) is 4.39 Å². The third kappa shape index (κ3) is 4.78. The van der Waals surface area contributed by atoms with E-state index in [-0.39, 0.29) is 28.8 Å². The summed E-state index contributed by atoms with van der Waals surface area (Å²) in [5, 5.41) is 0. The fourth-order valence-corrected chi connectivity index (χ4v) is 4.94. The number of carbonyl (C=O) groups is 2. The maximum absolute atomic E-state index is 13.7. The number of rotatable bonds is 3. The molecule has 1 aromatic carbocycles. The highest BCUT2D eigenvalue weighted by Crippen LogP contribution is 2.35. The smallest absolute Gasteiger partial charge is 0.290 e. The Hall–Kier alpha value is -4.07. The number of hydrogen-bond donors (Lipinski definition) is 0. The number of hydrogen-bond acceptors (Lipinski definition) is 5. The highest BCUT2D eigenvalue weighted by atomic mass is 19.1. The van der Waals surface area contributed by atoms with Gasteiger partial charge < -0.3 is 14.2 Å². The zero-order chi connectivity index (χ0) is 27.2. The molecule has 0 saturated carbocycles. The summed E-state index contributed by atoms with van der Waals surface area (Å²) in [6.07, 6.45) is 1.60. The number of furan rings is 1. The first-order valence-corrected chi connectivity index (χ1v) is 12.7. The van der Waals surface area contributed by atoms with E-state index in [1.165, 1.54) is 12.1 Å². The molecule has 4 aromatic rings. The lowest BCUT2D eigenvalue weighted by Gasteiger charge is -2.46. The predicted octanol–water partition coefficient (Wildman–Crippen LogP) is 5.70. The molecule has 0 bridgehead atoms. The molecule has 0 aliphatic carbocycles. The van der Waals surface area contributed by atoms with Gasteiger partial charge in [-0.05, 0) is 61.7 Å². The summed E-state index contributed by atoms with van der Waals surface area (Å²) in [7, 11) is 0. The van der Waals surface area contributed by atoms with Gasteiger partial charge in [-0.25, -0.2) is 9.37 Å². The average molecular weight is 515 g/mol. The molecule has 2 amide bonds. The fraction of sp³-hybridized carbons (Fsp3) is 0.333. The first kappa shape index (κ1) is 25.6. The van der Waals surface area contributed by atoms with Crippen molar-refractivity contribution in [2.75, 3.05) is 19.6 Å². The molecule has 3 aromatic heterocycles. The van der Waals surface area contributed by atoms with Crippen LogP contribution in [-0.2, 0) is 5.41 Å². The van der Waals surface area contributed by atoms with Gasteiger partial charge in [-0.2, -0.15) is 0 Å². The molecule has 7 nitrogen and oxygen atoms in total. The monoisotopic (exact) mass is 514 g/mol. The Bertz CT molecular complexity index is 1500. The minimum atomic E-state index is -0.627. The minimum Gasteiger partial charge on any atom is -0.449 e. The molecule has 8 heteroatoms. The standard InChI is InChI=1S/C30H31FN4O3/c1-29(2,3)21-16-23(19-9-11-20(31)12-10-19)33-24-17-25(38-26(21)24)28(37)35-15-14-34(18-30(35,4)5)27(36)22-8-6-7-13-32-22/h6-13,16-17H,14-15,18H2,1-5H3. The van der Waals surface area contributed by atoms with Crippen LogP contribution in [0.15, 0.2) is 65.2 Å². The van der Waals surface area contributed by atoms with Gasteiger partial charge in [0.15, 0.2) is 11.3 Å². The molecule has 0 spiro atoms. The van der Waals surface area contributed by atoms with Crippen molar-refractivity contribution in [2.24, 2.45) is 0 Å². The quantitative estimate of drug-likeness (QED) is 0.350. The van der Waals surface area contributed by atoms with Crippen LogP contribution < -0.4 is 0 Å². The Morgan fingerprint density at radius 3 is 2.37 bits per heavy atom. The Kier molecular flexibility index (Phi) is 6.29. The summed E-state index contributed by atoms with van der Waals surface area (Å²) in [6, 6.07) is 15.1. The molecule has 0 unspecified atom stereocenters. The lowest BCUT2D eigenvalue weighted by molar-refractivity contribution is 0.0148. The van der Waals surface area contributed by atoms with Gasteiger partial charge in [-0.1, -0.05) is 26.8 Å². The van der Waals surface area contributed by atoms with Gasteiger partial charge in [0, 0.05) is 43.0 Å². The van der Waals surface area contributed by atoms with Crippen molar-refractivity contribution in [1.29, 1.82) is 0 Å². The molecule has 0 N–H and O–H groups in total. The molecule has 1 fully saturated rings. The highest BCUT2D eigenvalue weighted by Gasteiger charge is 2.40. The normalized spacial score (nSPS) is 15.6. The number of nitrogens with zero attached hydrogens (tertiary/aromatic N) is 4. The number of aromatic nitrogens is 2. The maximum Gasteiger partial charge on any atom is 0.290 e. The van der Waals surface area contributed by atoms with E-state index >= 15 is 0 Å². The second-order valence-electron chi connectivity index (χ2n) is 11.3. The van der Waals surface area contributed by atoms with E-state index in [1.54, 1.807) is 52.4 Å². The van der Waals surface area contributed by atoms with Crippen molar-refractivity contribution in [3.05, 3.63) is 83.6 Å². The van der Waals surface area contributed by atoms with Crippen LogP contribution >= 0.6 is 0 Å². The Morgan fingerprint density at radius 2 is 1.74 bits per heavy atom. The summed E-state index contributed by atoms with van der Waals surface area (Å²) in [5.41, 5.74) is 2.98. The molecule has 4 heterocycles. The van der Waals surface area contributed by atoms with Crippen molar-refractivity contribution < 1.29 is 18.4 Å². The summed E-state index contributed by atoms with van der Waals surface area (Å²) >= 11 is 0. The number of carbonyl (C=O) groups excluding carboxylic acids is 2. The zero-order valence-electron chi connectivity index (χ0n) is 22.3. The van der Waals surface area contributed by atoms with E-state index in [9.17, 15) is 14.0 Å². The molecule has 0 radical (unpaired) electrons. The molecular weight excluding hydrogens is 483 g/mol. The average Bonchev–Trinajstić information content (AvgIpc) is 3.31. The molecule has 0 atom stereocenters. The van der Waals surface area contributed by atoms with Crippen LogP contribution in [0.3, 0.4) is 0 Å². The van der Waals surface area contributed by atoms with Crippen molar-refractivity contribution in [3.63, 3.8) is 0 Å². The van der Waals surface area contributed by atoms with Crippen molar-refractivity contribution in [2.45, 2.75) is 45.6 Å². The van der Waals surface area contributed by atoms with E-state index in [0.717, 1.165) is 11.1 Å². The van der Waals surface area contributed by atoms with Gasteiger partial charge in [-0.3, -0.25) is 14.6 Å². The van der Waals surface area contributed by atoms with Gasteiger partial charge in [-0.15, -0.1) is 0 Å². The maximum atomic E-state index is 13.7. The van der Waals surface area contributed by atoms with E-state index in [2.05, 4.69) is 25.8 Å². The van der Waals surface area contributed by atoms with Gasteiger partial charge in [0.25, 0.3) is 11.8 Å². The van der Waals surface area contributed by atoms with Crippen LogP contribution in [0.25, 0.3) is 22.4 Å². The molecule has 196 valence electrons. The van der Waals surface area contributed by atoms with E-state index < -0.39 is 5.54 Å². The zero-order valence-corrected chi connectivity index (χ0v) is 22.3. The van der Waals surface area contributed by atoms with Gasteiger partial charge in [0.2, 0.25) is 0 Å². The largest absolute Gasteiger partial charge is 0.449 e. The van der Waals surface area contributed by atoms with Crippen LogP contribution in [0.1, 0.15) is 61.2 Å². The number of amides is 2. The Morgan fingerprint density at radius 1 is 1.00 bits per heavy atom. The second kappa shape index (κ2) is 9.35. The Balaban J connectivity index is 1.46. The van der Waals surface area contributed by atoms with Crippen molar-refractivity contribution in [1.82, 2.24) is 19.8 Å². The predicted molar refractivity (Wildman–Crippen MR) is 143 cm³/mol. The summed E-state index contributed by atoms with van der Waals surface area (Å²) < 4.78 is 19.7. The fourth-order valence-electron chi connectivity index (χ4n) is 4.94. The highest BCUT2D eigenvalue weighted by molar-refractivity contribution is 5.97. The topological polar surface area (TPSA) is 79.5 Å². The molecule has 1 saturated heterocycles. The van der Waals surface area contributed by atoms with Crippen molar-refractivity contribution in [3.8, 4) is 11.3 Å². The molecule has 5 rings (SSSR count). The van der Waals surface area contributed by atoms with Gasteiger partial charge >= 0.3 is 0 Å². The van der Waals surface area contributed by atoms with Gasteiger partial charge in [0.05, 0.1) is 11.2 Å². The molecule has 38 heavy (non-hydrogen) atoms. The molecule has 1 aliphatic rings. The van der Waals surface area contributed by atoms with E-state index in [1.807, 2.05) is 19.9 Å². The first-order valence-electron chi connectivity index (χ1n) is 12.7. The third-order valence-electron chi connectivity index (χ3n) is 6.96. The first-order chi connectivity index (χ1) is 17.9. The van der Waals surface area contributed by atoms with Crippen molar-refractivity contribution >= 4 is 22.9 Å². The number of pyridine rings is 2. The van der Waals surface area contributed by atoms with Crippen LogP contribution in [0.5, 0.6) is 0 Å². The second-order valence-corrected chi connectivity index (χ2v) is 11.3. The van der Waals surface area contributed by atoms with Crippen LogP contribution in [0.2, 0.25) is 0 Å². The third-order valence-corrected chi connectivity index (χ3v) is 6.96. The molecular formula is C30H31FN4O3. The van der Waals surface area contributed by atoms with Crippen LogP contribution in [0, 0.1) is 5.82 Å². The number of halogens is 1. The summed E-state index contributed by atoms with van der Waals surface area (Å²) in [6.45, 7) is 11.2. The van der Waals surface area contributed by atoms with Crippen LogP contribution in [-0.4, -0.2) is 56.8 Å². The lowest BCUT2D eigenvalue weighted by atomic mass is 9.86. The number of fused-ring (bicyclic) bond motifs is 1. The minimum absolute atomic E-state index is 0.151. The SMILES string of the molecule is CC(C)(C)c1cc(-c2ccc(F)cc2)nc2cc(C(=O)N3CCN(C(=O)c4ccccn4)CC3(C)C)oc12.